The summed E-state index contributed by atoms with van der Waals surface area (Å²) in [5, 5.41) is 11.9. The molecule has 3 unspecified atom stereocenters. The van der Waals surface area contributed by atoms with Gasteiger partial charge in [-0.05, 0) is 43.9 Å². The maximum Gasteiger partial charge on any atom is 0.524 e. The van der Waals surface area contributed by atoms with Crippen LogP contribution < -0.4 is 25.8 Å². The minimum Gasteiger partial charge on any atom is -0.461 e. The lowest BCUT2D eigenvalue weighted by Crippen LogP contribution is -2.36. The largest absolute Gasteiger partial charge is 0.524 e. The van der Waals surface area contributed by atoms with E-state index in [2.05, 4.69) is 25.8 Å². The Hall–Kier alpha value is -2.80. The number of fused-ring (bicyclic) bond motifs is 1. The van der Waals surface area contributed by atoms with E-state index < -0.39 is 13.8 Å². The van der Waals surface area contributed by atoms with Crippen molar-refractivity contribution in [2.24, 2.45) is 0 Å². The zero-order valence-electron chi connectivity index (χ0n) is 22.3. The molecule has 1 aromatic rings. The van der Waals surface area contributed by atoms with Gasteiger partial charge in [-0.3, -0.25) is 24.2 Å². The molecule has 0 aliphatic carbocycles. The Morgan fingerprint density at radius 1 is 1.07 bits per heavy atom. The lowest BCUT2D eigenvalue weighted by molar-refractivity contribution is -0.142. The van der Waals surface area contributed by atoms with E-state index in [0.717, 1.165) is 37.9 Å². The van der Waals surface area contributed by atoms with Gasteiger partial charge in [0.2, 0.25) is 11.8 Å². The number of carbonyl (C=O) groups is 4. The predicted molar refractivity (Wildman–Crippen MR) is 149 cm³/mol. The standard InChI is InChI=1S/C25H37N4O9PS/c1-16(30)37-14-17-13-18(10-11-20(17)38-39(34,35)36)27-23(32)9-3-2-6-12-26-22(31)8-5-4-7-21-24-19(15-40-21)28-25(33)29-24/h10-11,13,19,21,24H,2-9,12,14-15H2,1H3,(H,26,31)(H,27,32)(H2,28,29,33)(H2,34,35,36). The minimum atomic E-state index is -4.82. The molecule has 3 atom stereocenters. The van der Waals surface area contributed by atoms with Crippen molar-refractivity contribution in [1.29, 1.82) is 0 Å². The van der Waals surface area contributed by atoms with Crippen LogP contribution in [0, 0.1) is 0 Å². The first-order valence-corrected chi connectivity index (χ1v) is 15.8. The van der Waals surface area contributed by atoms with Crippen LogP contribution in [0.3, 0.4) is 0 Å². The van der Waals surface area contributed by atoms with Gasteiger partial charge in [0.1, 0.15) is 12.4 Å². The van der Waals surface area contributed by atoms with Gasteiger partial charge >= 0.3 is 19.8 Å². The summed E-state index contributed by atoms with van der Waals surface area (Å²) in [4.78, 5) is 65.1. The van der Waals surface area contributed by atoms with Crippen molar-refractivity contribution in [3.8, 4) is 5.75 Å². The zero-order chi connectivity index (χ0) is 29.1. The van der Waals surface area contributed by atoms with Crippen LogP contribution in [0.25, 0.3) is 0 Å². The number of amides is 4. The number of phosphoric acid groups is 1. The highest BCUT2D eigenvalue weighted by Gasteiger charge is 2.42. The maximum atomic E-state index is 12.3. The highest BCUT2D eigenvalue weighted by molar-refractivity contribution is 8.00. The van der Waals surface area contributed by atoms with Gasteiger partial charge in [-0.2, -0.15) is 11.8 Å². The maximum absolute atomic E-state index is 12.3. The number of phosphoric ester groups is 1. The topological polar surface area (TPSA) is 192 Å². The van der Waals surface area contributed by atoms with Crippen molar-refractivity contribution in [2.75, 3.05) is 17.6 Å². The molecule has 0 spiro atoms. The third-order valence-electron chi connectivity index (χ3n) is 6.48. The molecule has 0 aromatic heterocycles. The highest BCUT2D eigenvalue weighted by Crippen LogP contribution is 2.40. The number of nitrogens with one attached hydrogen (secondary N) is 4. The molecule has 2 fully saturated rings. The fraction of sp³-hybridized carbons (Fsp3) is 0.600. The molecule has 2 aliphatic heterocycles. The van der Waals surface area contributed by atoms with E-state index in [0.29, 0.717) is 30.3 Å². The summed E-state index contributed by atoms with van der Waals surface area (Å²) < 4.78 is 20.7. The number of carbonyl (C=O) groups excluding carboxylic acids is 4. The summed E-state index contributed by atoms with van der Waals surface area (Å²) in [5.74, 6) is -0.0353. The number of esters is 1. The van der Waals surface area contributed by atoms with Gasteiger partial charge in [-0.25, -0.2) is 9.36 Å². The fourth-order valence-electron chi connectivity index (χ4n) is 4.57. The Morgan fingerprint density at radius 2 is 1.82 bits per heavy atom. The molecule has 6 N–H and O–H groups in total. The van der Waals surface area contributed by atoms with Crippen molar-refractivity contribution in [3.05, 3.63) is 23.8 Å². The predicted octanol–water partition coefficient (Wildman–Crippen LogP) is 2.56. The molecule has 0 radical (unpaired) electrons. The average Bonchev–Trinajstić information content (AvgIpc) is 3.42. The lowest BCUT2D eigenvalue weighted by Gasteiger charge is -2.16. The van der Waals surface area contributed by atoms with Gasteiger partial charge in [0.25, 0.3) is 0 Å². The van der Waals surface area contributed by atoms with Gasteiger partial charge < -0.3 is 30.5 Å². The number of benzene rings is 1. The van der Waals surface area contributed by atoms with Gasteiger partial charge in [-0.15, -0.1) is 0 Å². The lowest BCUT2D eigenvalue weighted by atomic mass is 10.0. The third-order valence-corrected chi connectivity index (χ3v) is 8.42. The van der Waals surface area contributed by atoms with E-state index in [1.807, 2.05) is 11.8 Å². The highest BCUT2D eigenvalue weighted by atomic mass is 32.2. The number of unbranched alkanes of at least 4 members (excludes halogenated alkanes) is 3. The summed E-state index contributed by atoms with van der Waals surface area (Å²) in [7, 11) is -4.82. The molecule has 0 saturated carbocycles. The molecule has 13 nitrogen and oxygen atoms in total. The second-order valence-corrected chi connectivity index (χ2v) is 12.2. The Bertz CT molecular complexity index is 1120. The second-order valence-electron chi connectivity index (χ2n) is 9.76. The monoisotopic (exact) mass is 600 g/mol. The zero-order valence-corrected chi connectivity index (χ0v) is 24.1. The van der Waals surface area contributed by atoms with Gasteiger partial charge in [0.15, 0.2) is 0 Å². The van der Waals surface area contributed by atoms with Crippen LogP contribution in [0.1, 0.15) is 63.9 Å². The van der Waals surface area contributed by atoms with Crippen LogP contribution in [-0.2, 0) is 30.3 Å². The summed E-state index contributed by atoms with van der Waals surface area (Å²) in [6, 6.07) is 4.46. The Kier molecular flexibility index (Phi) is 12.1. The Morgan fingerprint density at radius 3 is 2.58 bits per heavy atom. The van der Waals surface area contributed by atoms with Crippen LogP contribution in [0.2, 0.25) is 0 Å². The molecule has 222 valence electrons. The van der Waals surface area contributed by atoms with Gasteiger partial charge in [0.05, 0.1) is 12.1 Å². The molecule has 2 aliphatic rings. The number of anilines is 1. The third kappa shape index (κ3) is 11.0. The smallest absolute Gasteiger partial charge is 0.461 e. The molecule has 0 bridgehead atoms. The molecule has 4 amide bonds. The Balaban J connectivity index is 1.26. The number of thioether (sulfide) groups is 1. The molecule has 2 heterocycles. The summed E-state index contributed by atoms with van der Waals surface area (Å²) >= 11 is 1.87. The first kappa shape index (κ1) is 31.7. The quantitative estimate of drug-likeness (QED) is 0.0711. The first-order chi connectivity index (χ1) is 19.0. The van der Waals surface area contributed by atoms with E-state index in [4.69, 9.17) is 14.5 Å². The average molecular weight is 601 g/mol. The van der Waals surface area contributed by atoms with Crippen LogP contribution >= 0.6 is 19.6 Å². The molecular weight excluding hydrogens is 563 g/mol. The molecule has 15 heteroatoms. The summed E-state index contributed by atoms with van der Waals surface area (Å²) in [5.41, 5.74) is 0.561. The van der Waals surface area contributed by atoms with Gasteiger partial charge in [0, 0.05) is 48.6 Å². The van der Waals surface area contributed by atoms with Crippen LogP contribution in [0.5, 0.6) is 5.75 Å². The van der Waals surface area contributed by atoms with Crippen LogP contribution in [-0.4, -0.2) is 63.2 Å². The summed E-state index contributed by atoms with van der Waals surface area (Å²) in [6.45, 7) is 1.46. The van der Waals surface area contributed by atoms with Gasteiger partial charge in [-0.1, -0.05) is 12.8 Å². The van der Waals surface area contributed by atoms with E-state index >= 15 is 0 Å². The molecule has 3 rings (SSSR count). The Labute approximate surface area is 237 Å². The van der Waals surface area contributed by atoms with Crippen molar-refractivity contribution >= 4 is 49.1 Å². The number of ether oxygens (including phenoxy) is 1. The first-order valence-electron chi connectivity index (χ1n) is 13.3. The van der Waals surface area contributed by atoms with Crippen molar-refractivity contribution in [1.82, 2.24) is 16.0 Å². The minimum absolute atomic E-state index is 0.0151. The SMILES string of the molecule is CC(=O)OCc1cc(NC(=O)CCCCCNC(=O)CCCCC2SCC3NC(=O)NC32)ccc1OP(=O)(O)O. The van der Waals surface area contributed by atoms with E-state index in [9.17, 15) is 23.7 Å². The second kappa shape index (κ2) is 15.3. The van der Waals surface area contributed by atoms with Crippen molar-refractivity contribution in [2.45, 2.75) is 82.2 Å². The number of urea groups is 1. The fourth-order valence-corrected chi connectivity index (χ4v) is 6.55. The van der Waals surface area contributed by atoms with Crippen LogP contribution in [0.15, 0.2) is 18.2 Å². The molecule has 40 heavy (non-hydrogen) atoms. The normalized spacial score (nSPS) is 19.8. The number of hydrogen-bond donors (Lipinski definition) is 6. The van der Waals surface area contributed by atoms with Crippen molar-refractivity contribution < 1.29 is 42.8 Å². The molecule has 1 aromatic carbocycles. The van der Waals surface area contributed by atoms with Crippen molar-refractivity contribution in [3.63, 3.8) is 0 Å². The van der Waals surface area contributed by atoms with E-state index in [1.165, 1.54) is 25.1 Å². The van der Waals surface area contributed by atoms with E-state index in [-0.39, 0.29) is 54.3 Å². The molecular formula is C25H37N4O9PS. The molecule has 2 saturated heterocycles. The summed E-state index contributed by atoms with van der Waals surface area (Å²) in [6.07, 6.45) is 5.55. The van der Waals surface area contributed by atoms with E-state index in [1.54, 1.807) is 0 Å². The van der Waals surface area contributed by atoms with Crippen LogP contribution in [0.4, 0.5) is 10.5 Å². The number of rotatable bonds is 16. The number of hydrogen-bond acceptors (Lipinski definition) is 8.